The van der Waals surface area contributed by atoms with Crippen LogP contribution in [-0.4, -0.2) is 54.6 Å². The zero-order chi connectivity index (χ0) is 15.1. The molecule has 1 unspecified atom stereocenters. The van der Waals surface area contributed by atoms with Gasteiger partial charge in [0.1, 0.15) is 0 Å². The van der Waals surface area contributed by atoms with Crippen molar-refractivity contribution in [1.82, 2.24) is 15.1 Å². The summed E-state index contributed by atoms with van der Waals surface area (Å²) < 4.78 is 0. The van der Waals surface area contributed by atoms with Gasteiger partial charge in [-0.1, -0.05) is 37.3 Å². The molecule has 1 fully saturated rings. The van der Waals surface area contributed by atoms with E-state index in [-0.39, 0.29) is 6.03 Å². The molecule has 0 radical (unpaired) electrons. The van der Waals surface area contributed by atoms with Crippen molar-refractivity contribution in [2.75, 3.05) is 32.7 Å². The van der Waals surface area contributed by atoms with E-state index in [4.69, 9.17) is 0 Å². The van der Waals surface area contributed by atoms with Crippen LogP contribution in [0, 0.1) is 0 Å². The van der Waals surface area contributed by atoms with E-state index >= 15 is 0 Å². The van der Waals surface area contributed by atoms with Gasteiger partial charge in [0, 0.05) is 38.8 Å². The molecule has 0 bridgehead atoms. The number of carbonyl (C=O) groups excluding carboxylic acids is 1. The van der Waals surface area contributed by atoms with Crippen molar-refractivity contribution in [1.29, 1.82) is 0 Å². The number of nitrogens with one attached hydrogen (secondary N) is 1. The maximum Gasteiger partial charge on any atom is 0.317 e. The Bertz CT molecular complexity index is 427. The van der Waals surface area contributed by atoms with Crippen LogP contribution in [0.3, 0.4) is 0 Å². The standard InChI is InChI=1S/C17H27N3O/c1-3-9-18-17(21)20-12-10-19(11-13-20)15(2)14-16-7-5-4-6-8-16/h4-8,15H,3,9-14H2,1-2H3,(H,18,21). The first-order valence-corrected chi connectivity index (χ1v) is 8.01. The molecule has 21 heavy (non-hydrogen) atoms. The Morgan fingerprint density at radius 3 is 2.48 bits per heavy atom. The van der Waals surface area contributed by atoms with Crippen LogP contribution < -0.4 is 5.32 Å². The van der Waals surface area contributed by atoms with Crippen molar-refractivity contribution >= 4 is 6.03 Å². The number of carbonyl (C=O) groups is 1. The van der Waals surface area contributed by atoms with Crippen LogP contribution in [0.1, 0.15) is 25.8 Å². The Kier molecular flexibility index (Phi) is 6.05. The molecule has 1 saturated heterocycles. The van der Waals surface area contributed by atoms with Crippen molar-refractivity contribution in [2.45, 2.75) is 32.7 Å². The smallest absolute Gasteiger partial charge is 0.317 e. The van der Waals surface area contributed by atoms with Crippen LogP contribution in [0.25, 0.3) is 0 Å². The highest BCUT2D eigenvalue weighted by Crippen LogP contribution is 2.11. The lowest BCUT2D eigenvalue weighted by Crippen LogP contribution is -2.54. The van der Waals surface area contributed by atoms with Crippen LogP contribution in [-0.2, 0) is 6.42 Å². The molecule has 1 heterocycles. The van der Waals surface area contributed by atoms with Gasteiger partial charge in [-0.05, 0) is 25.3 Å². The molecular formula is C17H27N3O. The van der Waals surface area contributed by atoms with E-state index in [1.54, 1.807) is 0 Å². The second-order valence-electron chi connectivity index (χ2n) is 5.79. The lowest BCUT2D eigenvalue weighted by Gasteiger charge is -2.38. The van der Waals surface area contributed by atoms with E-state index in [2.05, 4.69) is 54.4 Å². The van der Waals surface area contributed by atoms with Gasteiger partial charge in [0.25, 0.3) is 0 Å². The highest BCUT2D eigenvalue weighted by molar-refractivity contribution is 5.74. The van der Waals surface area contributed by atoms with Crippen molar-refractivity contribution in [3.63, 3.8) is 0 Å². The molecule has 0 aromatic heterocycles. The molecule has 116 valence electrons. The molecule has 1 N–H and O–H groups in total. The number of nitrogens with zero attached hydrogens (tertiary/aromatic N) is 2. The number of hydrogen-bond acceptors (Lipinski definition) is 2. The lowest BCUT2D eigenvalue weighted by molar-refractivity contribution is 0.113. The Morgan fingerprint density at radius 1 is 1.19 bits per heavy atom. The van der Waals surface area contributed by atoms with E-state index in [1.165, 1.54) is 5.56 Å². The first kappa shape index (κ1) is 15.8. The summed E-state index contributed by atoms with van der Waals surface area (Å²) in [6, 6.07) is 11.2. The minimum Gasteiger partial charge on any atom is -0.338 e. The van der Waals surface area contributed by atoms with E-state index in [1.807, 2.05) is 4.90 Å². The van der Waals surface area contributed by atoms with Gasteiger partial charge in [-0.25, -0.2) is 4.79 Å². The van der Waals surface area contributed by atoms with Crippen molar-refractivity contribution < 1.29 is 4.79 Å². The molecule has 1 aromatic carbocycles. The van der Waals surface area contributed by atoms with Crippen LogP contribution in [0.5, 0.6) is 0 Å². The maximum absolute atomic E-state index is 11.9. The molecule has 2 rings (SSSR count). The highest BCUT2D eigenvalue weighted by Gasteiger charge is 2.23. The van der Waals surface area contributed by atoms with Crippen molar-refractivity contribution in [3.05, 3.63) is 35.9 Å². The molecule has 1 aliphatic heterocycles. The fourth-order valence-electron chi connectivity index (χ4n) is 2.79. The maximum atomic E-state index is 11.9. The second kappa shape index (κ2) is 8.03. The summed E-state index contributed by atoms with van der Waals surface area (Å²) in [5.41, 5.74) is 1.38. The SMILES string of the molecule is CCCNC(=O)N1CCN(C(C)Cc2ccccc2)CC1. The number of piperazine rings is 1. The number of rotatable bonds is 5. The average Bonchev–Trinajstić information content (AvgIpc) is 2.53. The van der Waals surface area contributed by atoms with Crippen LogP contribution in [0.4, 0.5) is 4.79 Å². The average molecular weight is 289 g/mol. The number of urea groups is 1. The number of hydrogen-bond donors (Lipinski definition) is 1. The second-order valence-corrected chi connectivity index (χ2v) is 5.79. The van der Waals surface area contributed by atoms with Gasteiger partial charge in [0.2, 0.25) is 0 Å². The molecular weight excluding hydrogens is 262 g/mol. The summed E-state index contributed by atoms with van der Waals surface area (Å²) in [7, 11) is 0. The quantitative estimate of drug-likeness (QED) is 0.903. The normalized spacial score (nSPS) is 17.5. The molecule has 1 atom stereocenters. The highest BCUT2D eigenvalue weighted by atomic mass is 16.2. The van der Waals surface area contributed by atoms with Gasteiger partial charge in [-0.2, -0.15) is 0 Å². The molecule has 0 saturated carbocycles. The molecule has 4 nitrogen and oxygen atoms in total. The van der Waals surface area contributed by atoms with Gasteiger partial charge < -0.3 is 10.2 Å². The van der Waals surface area contributed by atoms with Crippen molar-refractivity contribution in [2.24, 2.45) is 0 Å². The third kappa shape index (κ3) is 4.74. The van der Waals surface area contributed by atoms with E-state index in [0.29, 0.717) is 6.04 Å². The molecule has 1 aromatic rings. The first-order valence-electron chi connectivity index (χ1n) is 8.01. The van der Waals surface area contributed by atoms with E-state index in [9.17, 15) is 4.79 Å². The van der Waals surface area contributed by atoms with Gasteiger partial charge in [0.05, 0.1) is 0 Å². The molecule has 0 spiro atoms. The summed E-state index contributed by atoms with van der Waals surface area (Å²) in [5, 5.41) is 2.95. The molecule has 1 aliphatic rings. The summed E-state index contributed by atoms with van der Waals surface area (Å²) in [4.78, 5) is 16.3. The summed E-state index contributed by atoms with van der Waals surface area (Å²) >= 11 is 0. The fourth-order valence-corrected chi connectivity index (χ4v) is 2.79. The van der Waals surface area contributed by atoms with Gasteiger partial charge in [0.15, 0.2) is 0 Å². The predicted molar refractivity (Wildman–Crippen MR) is 86.4 cm³/mol. The predicted octanol–water partition coefficient (Wildman–Crippen LogP) is 2.35. The van der Waals surface area contributed by atoms with Crippen LogP contribution >= 0.6 is 0 Å². The topological polar surface area (TPSA) is 35.6 Å². The molecule has 2 amide bonds. The monoisotopic (exact) mass is 289 g/mol. The zero-order valence-corrected chi connectivity index (χ0v) is 13.2. The number of benzene rings is 1. The largest absolute Gasteiger partial charge is 0.338 e. The lowest BCUT2D eigenvalue weighted by atomic mass is 10.1. The van der Waals surface area contributed by atoms with Gasteiger partial charge in [-0.15, -0.1) is 0 Å². The Hall–Kier alpha value is -1.55. The fraction of sp³-hybridized carbons (Fsp3) is 0.588. The van der Waals surface area contributed by atoms with Crippen LogP contribution in [0.2, 0.25) is 0 Å². The minimum atomic E-state index is 0.0900. The number of amides is 2. The van der Waals surface area contributed by atoms with Crippen molar-refractivity contribution in [3.8, 4) is 0 Å². The van der Waals surface area contributed by atoms with Crippen LogP contribution in [0.15, 0.2) is 30.3 Å². The first-order chi connectivity index (χ1) is 10.2. The summed E-state index contributed by atoms with van der Waals surface area (Å²) in [5.74, 6) is 0. The third-order valence-corrected chi connectivity index (χ3v) is 4.12. The summed E-state index contributed by atoms with van der Waals surface area (Å²) in [6.07, 6.45) is 2.06. The van der Waals surface area contributed by atoms with Gasteiger partial charge >= 0.3 is 6.03 Å². The minimum absolute atomic E-state index is 0.0900. The Labute approximate surface area is 128 Å². The Balaban J connectivity index is 1.76. The van der Waals surface area contributed by atoms with Gasteiger partial charge in [-0.3, -0.25) is 4.90 Å². The van der Waals surface area contributed by atoms with E-state index in [0.717, 1.165) is 45.6 Å². The molecule has 0 aliphatic carbocycles. The zero-order valence-electron chi connectivity index (χ0n) is 13.2. The van der Waals surface area contributed by atoms with E-state index < -0.39 is 0 Å². The Morgan fingerprint density at radius 2 is 1.86 bits per heavy atom. The molecule has 4 heteroatoms. The summed E-state index contributed by atoms with van der Waals surface area (Å²) in [6.45, 7) is 8.71. The third-order valence-electron chi connectivity index (χ3n) is 4.12.